The lowest BCUT2D eigenvalue weighted by Crippen LogP contribution is -2.29. The van der Waals surface area contributed by atoms with Crippen LogP contribution in [-0.4, -0.2) is 10.5 Å². The summed E-state index contributed by atoms with van der Waals surface area (Å²) < 4.78 is 1.90. The molecule has 2 rings (SSSR count). The Labute approximate surface area is 126 Å². The number of hydrogen-bond acceptors (Lipinski definition) is 2. The summed E-state index contributed by atoms with van der Waals surface area (Å²) in [6, 6.07) is 9.94. The number of carbonyl (C=O) groups is 1. The van der Waals surface area contributed by atoms with Gasteiger partial charge in [-0.2, -0.15) is 0 Å². The molecule has 4 heteroatoms. The van der Waals surface area contributed by atoms with E-state index in [4.69, 9.17) is 5.73 Å². The quantitative estimate of drug-likeness (QED) is 0.904. The molecule has 3 N–H and O–H groups in total. The number of nitrogens with two attached hydrogens (primary N) is 1. The molecule has 0 spiro atoms. The minimum atomic E-state index is -0.101. The number of nitrogens with zero attached hydrogens (tertiary/aromatic N) is 1. The molecule has 0 saturated carbocycles. The molecule has 21 heavy (non-hydrogen) atoms. The highest BCUT2D eigenvalue weighted by molar-refractivity contribution is 5.94. The molecule has 1 amide bonds. The number of nitrogens with one attached hydrogen (secondary N) is 1. The first-order valence-corrected chi connectivity index (χ1v) is 7.24. The lowest BCUT2D eigenvalue weighted by molar-refractivity contribution is 0.0929. The third-order valence-electron chi connectivity index (χ3n) is 3.66. The van der Waals surface area contributed by atoms with Crippen LogP contribution in [0.5, 0.6) is 0 Å². The van der Waals surface area contributed by atoms with Crippen LogP contribution in [0, 0.1) is 6.92 Å². The predicted octanol–water partition coefficient (Wildman–Crippen LogP) is 3.45. The van der Waals surface area contributed by atoms with Crippen LogP contribution in [0.4, 0.5) is 5.69 Å². The first-order valence-electron chi connectivity index (χ1n) is 7.24. The summed E-state index contributed by atoms with van der Waals surface area (Å²) in [6.07, 6.45) is 1.80. The minimum absolute atomic E-state index is 0.0459. The Morgan fingerprint density at radius 2 is 1.90 bits per heavy atom. The summed E-state index contributed by atoms with van der Waals surface area (Å²) in [5.74, 6) is -0.101. The van der Waals surface area contributed by atoms with Crippen molar-refractivity contribution in [3.63, 3.8) is 0 Å². The summed E-state index contributed by atoms with van der Waals surface area (Å²) in [7, 11) is 0. The monoisotopic (exact) mass is 285 g/mol. The molecule has 2 aromatic rings. The van der Waals surface area contributed by atoms with Gasteiger partial charge in [0, 0.05) is 12.2 Å². The summed E-state index contributed by atoms with van der Waals surface area (Å²) >= 11 is 0. The van der Waals surface area contributed by atoms with Crippen LogP contribution in [0.3, 0.4) is 0 Å². The molecule has 0 radical (unpaired) electrons. The van der Waals surface area contributed by atoms with Gasteiger partial charge in [0.15, 0.2) is 0 Å². The number of rotatable bonds is 4. The second-order valence-electron chi connectivity index (χ2n) is 5.71. The molecule has 0 fully saturated rings. The van der Waals surface area contributed by atoms with Crippen LogP contribution in [0.2, 0.25) is 0 Å². The first kappa shape index (κ1) is 15.2. The molecule has 1 unspecified atom stereocenters. The lowest BCUT2D eigenvalue weighted by Gasteiger charge is -2.18. The molecular formula is C17H23N3O. The van der Waals surface area contributed by atoms with E-state index in [9.17, 15) is 4.79 Å². The molecule has 4 nitrogen and oxygen atoms in total. The van der Waals surface area contributed by atoms with Crippen molar-refractivity contribution in [2.75, 3.05) is 5.73 Å². The molecular weight excluding hydrogens is 262 g/mol. The Morgan fingerprint density at radius 3 is 2.52 bits per heavy atom. The predicted molar refractivity (Wildman–Crippen MR) is 86.3 cm³/mol. The summed E-state index contributed by atoms with van der Waals surface area (Å²) in [5.41, 5.74) is 9.33. The average molecular weight is 285 g/mol. The summed E-state index contributed by atoms with van der Waals surface area (Å²) in [6.45, 7) is 8.10. The second-order valence-corrected chi connectivity index (χ2v) is 5.71. The van der Waals surface area contributed by atoms with E-state index in [1.165, 1.54) is 5.56 Å². The van der Waals surface area contributed by atoms with E-state index >= 15 is 0 Å². The second kappa shape index (κ2) is 6.04. The van der Waals surface area contributed by atoms with Crippen molar-refractivity contribution in [3.8, 4) is 0 Å². The highest BCUT2D eigenvalue weighted by Crippen LogP contribution is 2.20. The molecule has 112 valence electrons. The van der Waals surface area contributed by atoms with Crippen molar-refractivity contribution >= 4 is 11.6 Å². The van der Waals surface area contributed by atoms with E-state index in [1.807, 2.05) is 56.5 Å². The standard InChI is InChI=1S/C17H23N3O/c1-11(2)20-10-14(18)9-16(20)17(21)19-13(4)15-8-6-5-7-12(15)3/h5-11,13H,18H2,1-4H3,(H,19,21). The number of amides is 1. The average Bonchev–Trinajstić information content (AvgIpc) is 2.81. The van der Waals surface area contributed by atoms with Crippen molar-refractivity contribution in [2.45, 2.75) is 39.8 Å². The third kappa shape index (κ3) is 3.27. The third-order valence-corrected chi connectivity index (χ3v) is 3.66. The van der Waals surface area contributed by atoms with E-state index in [1.54, 1.807) is 12.3 Å². The molecule has 0 aliphatic rings. The van der Waals surface area contributed by atoms with Crippen LogP contribution in [-0.2, 0) is 0 Å². The van der Waals surface area contributed by atoms with E-state index < -0.39 is 0 Å². The maximum absolute atomic E-state index is 12.5. The van der Waals surface area contributed by atoms with Gasteiger partial charge in [0.2, 0.25) is 0 Å². The maximum Gasteiger partial charge on any atom is 0.268 e. The van der Waals surface area contributed by atoms with Gasteiger partial charge in [-0.25, -0.2) is 0 Å². The summed E-state index contributed by atoms with van der Waals surface area (Å²) in [5, 5.41) is 3.05. The number of aryl methyl sites for hydroxylation is 1. The maximum atomic E-state index is 12.5. The van der Waals surface area contributed by atoms with Crippen molar-refractivity contribution < 1.29 is 4.79 Å². The molecule has 0 aliphatic carbocycles. The minimum Gasteiger partial charge on any atom is -0.397 e. The van der Waals surface area contributed by atoms with Crippen LogP contribution < -0.4 is 11.1 Å². The zero-order valence-electron chi connectivity index (χ0n) is 13.1. The first-order chi connectivity index (χ1) is 9.90. The number of aromatic nitrogens is 1. The molecule has 0 saturated heterocycles. The zero-order chi connectivity index (χ0) is 15.6. The number of carbonyl (C=O) groups excluding carboxylic acids is 1. The van der Waals surface area contributed by atoms with E-state index in [0.717, 1.165) is 5.56 Å². The molecule has 1 aromatic carbocycles. The highest BCUT2D eigenvalue weighted by atomic mass is 16.2. The molecule has 0 aliphatic heterocycles. The molecule has 0 bridgehead atoms. The van der Waals surface area contributed by atoms with E-state index in [2.05, 4.69) is 5.32 Å². The lowest BCUT2D eigenvalue weighted by atomic mass is 10.0. The van der Waals surface area contributed by atoms with E-state index in [-0.39, 0.29) is 18.0 Å². The van der Waals surface area contributed by atoms with Crippen LogP contribution in [0.25, 0.3) is 0 Å². The number of benzene rings is 1. The van der Waals surface area contributed by atoms with Gasteiger partial charge in [0.1, 0.15) is 5.69 Å². The van der Waals surface area contributed by atoms with Crippen molar-refractivity contribution in [2.24, 2.45) is 0 Å². The Morgan fingerprint density at radius 1 is 1.24 bits per heavy atom. The fourth-order valence-corrected chi connectivity index (χ4v) is 2.53. The molecule has 1 aromatic heterocycles. The zero-order valence-corrected chi connectivity index (χ0v) is 13.1. The number of nitrogen functional groups attached to an aromatic ring is 1. The van der Waals surface area contributed by atoms with Gasteiger partial charge in [-0.15, -0.1) is 0 Å². The summed E-state index contributed by atoms with van der Waals surface area (Å²) in [4.78, 5) is 12.5. The molecule has 1 heterocycles. The van der Waals surface area contributed by atoms with Crippen LogP contribution in [0.15, 0.2) is 36.5 Å². The van der Waals surface area contributed by atoms with Gasteiger partial charge >= 0.3 is 0 Å². The number of anilines is 1. The number of hydrogen-bond donors (Lipinski definition) is 2. The van der Waals surface area contributed by atoms with Gasteiger partial charge in [-0.3, -0.25) is 4.79 Å². The Balaban J connectivity index is 2.20. The van der Waals surface area contributed by atoms with Gasteiger partial charge in [0.25, 0.3) is 5.91 Å². The van der Waals surface area contributed by atoms with Crippen molar-refractivity contribution in [1.82, 2.24) is 9.88 Å². The fourth-order valence-electron chi connectivity index (χ4n) is 2.53. The van der Waals surface area contributed by atoms with Gasteiger partial charge in [-0.05, 0) is 44.9 Å². The van der Waals surface area contributed by atoms with Gasteiger partial charge < -0.3 is 15.6 Å². The Bertz CT molecular complexity index is 643. The molecule has 1 atom stereocenters. The van der Waals surface area contributed by atoms with Gasteiger partial charge in [0.05, 0.1) is 11.7 Å². The smallest absolute Gasteiger partial charge is 0.268 e. The van der Waals surface area contributed by atoms with Crippen molar-refractivity contribution in [1.29, 1.82) is 0 Å². The van der Waals surface area contributed by atoms with Crippen LogP contribution >= 0.6 is 0 Å². The van der Waals surface area contributed by atoms with Crippen LogP contribution in [0.1, 0.15) is 54.5 Å². The highest BCUT2D eigenvalue weighted by Gasteiger charge is 2.18. The Kier molecular flexibility index (Phi) is 4.36. The van der Waals surface area contributed by atoms with Crippen molar-refractivity contribution in [3.05, 3.63) is 53.3 Å². The largest absolute Gasteiger partial charge is 0.397 e. The normalized spacial score (nSPS) is 12.4. The Hall–Kier alpha value is -2.23. The SMILES string of the molecule is Cc1ccccc1C(C)NC(=O)c1cc(N)cn1C(C)C. The fraction of sp³-hybridized carbons (Fsp3) is 0.353. The van der Waals surface area contributed by atoms with E-state index in [0.29, 0.717) is 11.4 Å². The van der Waals surface area contributed by atoms with Gasteiger partial charge in [-0.1, -0.05) is 24.3 Å². The topological polar surface area (TPSA) is 60.1 Å².